The molecule has 0 N–H and O–H groups in total. The van der Waals surface area contributed by atoms with Crippen LogP contribution in [0.5, 0.6) is 0 Å². The van der Waals surface area contributed by atoms with Crippen molar-refractivity contribution in [1.82, 2.24) is 0 Å². The lowest BCUT2D eigenvalue weighted by Crippen LogP contribution is -2.14. The highest BCUT2D eigenvalue weighted by molar-refractivity contribution is 9.10. The molecule has 1 aromatic carbocycles. The molecule has 1 heterocycles. The summed E-state index contributed by atoms with van der Waals surface area (Å²) in [6.45, 7) is 2.19. The molecule has 1 aliphatic heterocycles. The van der Waals surface area contributed by atoms with E-state index >= 15 is 0 Å². The second-order valence-electron chi connectivity index (χ2n) is 3.36. The van der Waals surface area contributed by atoms with Crippen molar-refractivity contribution in [1.29, 1.82) is 0 Å². The smallest absolute Gasteiger partial charge is 0.0537 e. The Morgan fingerprint density at radius 1 is 1.54 bits per heavy atom. The molecule has 2 heteroatoms. The first-order valence-corrected chi connectivity index (χ1v) is 5.41. The van der Waals surface area contributed by atoms with Gasteiger partial charge in [0.1, 0.15) is 0 Å². The molecule has 0 saturated carbocycles. The summed E-state index contributed by atoms with van der Waals surface area (Å²) in [7, 11) is 0. The quantitative estimate of drug-likeness (QED) is 0.712. The Morgan fingerprint density at radius 3 is 3.15 bits per heavy atom. The Morgan fingerprint density at radius 2 is 2.38 bits per heavy atom. The Balaban J connectivity index is 2.40. The van der Waals surface area contributed by atoms with Crippen LogP contribution in [0.25, 0.3) is 0 Å². The van der Waals surface area contributed by atoms with Crippen LogP contribution in [-0.4, -0.2) is 12.3 Å². The van der Waals surface area contributed by atoms with E-state index in [2.05, 4.69) is 46.0 Å². The molecule has 0 aliphatic carbocycles. The van der Waals surface area contributed by atoms with Crippen molar-refractivity contribution < 1.29 is 0 Å². The number of aliphatic imine (C=N–C) groups is 1. The van der Waals surface area contributed by atoms with E-state index in [0.29, 0.717) is 6.04 Å². The highest BCUT2D eigenvalue weighted by Crippen LogP contribution is 2.24. The van der Waals surface area contributed by atoms with Crippen LogP contribution in [0, 0.1) is 0 Å². The van der Waals surface area contributed by atoms with Gasteiger partial charge in [-0.15, -0.1) is 0 Å². The summed E-state index contributed by atoms with van der Waals surface area (Å²) in [5.41, 5.74) is 2.67. The van der Waals surface area contributed by atoms with Crippen LogP contribution >= 0.6 is 15.9 Å². The van der Waals surface area contributed by atoms with E-state index in [-0.39, 0.29) is 0 Å². The lowest BCUT2D eigenvalue weighted by molar-refractivity contribution is 0.643. The molecule has 1 nitrogen and oxygen atoms in total. The molecule has 0 saturated heterocycles. The van der Waals surface area contributed by atoms with Gasteiger partial charge in [-0.1, -0.05) is 35.0 Å². The van der Waals surface area contributed by atoms with Crippen molar-refractivity contribution in [3.63, 3.8) is 0 Å². The molecule has 0 aromatic heterocycles. The molecule has 0 fully saturated rings. The third kappa shape index (κ3) is 1.68. The van der Waals surface area contributed by atoms with Gasteiger partial charge >= 0.3 is 0 Å². The van der Waals surface area contributed by atoms with Gasteiger partial charge in [-0.25, -0.2) is 0 Å². The standard InChI is InChI=1S/C11H12BrN/c1-2-9-6-8-4-3-5-11(12)10(8)7-13-9/h3-5,7,9H,2,6H2,1H3/t9-/m0/s1. The fourth-order valence-electron chi connectivity index (χ4n) is 1.64. The first-order valence-electron chi connectivity index (χ1n) is 4.62. The van der Waals surface area contributed by atoms with Crippen LogP contribution in [0.4, 0.5) is 0 Å². The maximum atomic E-state index is 4.50. The number of halogens is 1. The molecule has 68 valence electrons. The lowest BCUT2D eigenvalue weighted by Gasteiger charge is -2.17. The van der Waals surface area contributed by atoms with Crippen molar-refractivity contribution in [2.75, 3.05) is 0 Å². The van der Waals surface area contributed by atoms with E-state index in [1.807, 2.05) is 6.21 Å². The number of hydrogen-bond acceptors (Lipinski definition) is 1. The van der Waals surface area contributed by atoms with E-state index in [4.69, 9.17) is 0 Å². The molecule has 2 rings (SSSR count). The first-order chi connectivity index (χ1) is 6.31. The maximum Gasteiger partial charge on any atom is 0.0537 e. The summed E-state index contributed by atoms with van der Waals surface area (Å²) in [6, 6.07) is 6.83. The molecular weight excluding hydrogens is 226 g/mol. The van der Waals surface area contributed by atoms with E-state index in [1.165, 1.54) is 11.1 Å². The SMILES string of the molecule is CC[C@H]1Cc2cccc(Br)c2C=N1. The molecule has 0 unspecified atom stereocenters. The van der Waals surface area contributed by atoms with Crippen molar-refractivity contribution in [3.05, 3.63) is 33.8 Å². The van der Waals surface area contributed by atoms with Crippen molar-refractivity contribution in [2.24, 2.45) is 4.99 Å². The number of fused-ring (bicyclic) bond motifs is 1. The zero-order valence-corrected chi connectivity index (χ0v) is 9.21. The minimum atomic E-state index is 0.488. The van der Waals surface area contributed by atoms with Crippen LogP contribution in [-0.2, 0) is 6.42 Å². The second-order valence-corrected chi connectivity index (χ2v) is 4.21. The zero-order valence-electron chi connectivity index (χ0n) is 7.63. The van der Waals surface area contributed by atoms with Gasteiger partial charge < -0.3 is 0 Å². The van der Waals surface area contributed by atoms with Crippen LogP contribution in [0.2, 0.25) is 0 Å². The topological polar surface area (TPSA) is 12.4 Å². The molecule has 1 aromatic rings. The zero-order chi connectivity index (χ0) is 9.26. The highest BCUT2D eigenvalue weighted by Gasteiger charge is 2.14. The fourth-order valence-corrected chi connectivity index (χ4v) is 2.15. The van der Waals surface area contributed by atoms with Crippen molar-refractivity contribution in [3.8, 4) is 0 Å². The maximum absolute atomic E-state index is 4.50. The van der Waals surface area contributed by atoms with Crippen LogP contribution in [0.15, 0.2) is 27.7 Å². The first kappa shape index (κ1) is 8.95. The van der Waals surface area contributed by atoms with E-state index in [0.717, 1.165) is 17.3 Å². The molecule has 0 amide bonds. The van der Waals surface area contributed by atoms with E-state index < -0.39 is 0 Å². The van der Waals surface area contributed by atoms with Gasteiger partial charge in [0, 0.05) is 16.3 Å². The molecule has 13 heavy (non-hydrogen) atoms. The van der Waals surface area contributed by atoms with Crippen LogP contribution < -0.4 is 0 Å². The van der Waals surface area contributed by atoms with Gasteiger partial charge in [-0.05, 0) is 24.5 Å². The summed E-state index contributed by atoms with van der Waals surface area (Å²) >= 11 is 3.53. The number of benzene rings is 1. The minimum Gasteiger partial charge on any atom is -0.289 e. The van der Waals surface area contributed by atoms with E-state index in [1.54, 1.807) is 0 Å². The fraction of sp³-hybridized carbons (Fsp3) is 0.364. The van der Waals surface area contributed by atoms with Gasteiger partial charge in [-0.2, -0.15) is 0 Å². The monoisotopic (exact) mass is 237 g/mol. The number of nitrogens with zero attached hydrogens (tertiary/aromatic N) is 1. The Labute approximate surface area is 87.0 Å². The summed E-state index contributed by atoms with van der Waals surface area (Å²) in [5.74, 6) is 0. The molecule has 1 aliphatic rings. The normalized spacial score (nSPS) is 20.0. The molecule has 0 bridgehead atoms. The predicted molar refractivity (Wildman–Crippen MR) is 59.5 cm³/mol. The summed E-state index contributed by atoms with van der Waals surface area (Å²) in [5, 5.41) is 0. The van der Waals surface area contributed by atoms with Gasteiger partial charge in [0.25, 0.3) is 0 Å². The van der Waals surface area contributed by atoms with Gasteiger partial charge in [-0.3, -0.25) is 4.99 Å². The van der Waals surface area contributed by atoms with Crippen molar-refractivity contribution >= 4 is 22.1 Å². The van der Waals surface area contributed by atoms with Crippen molar-refractivity contribution in [2.45, 2.75) is 25.8 Å². The van der Waals surface area contributed by atoms with Crippen LogP contribution in [0.1, 0.15) is 24.5 Å². The predicted octanol–water partition coefficient (Wildman–Crippen LogP) is 3.20. The van der Waals surface area contributed by atoms with Gasteiger partial charge in [0.2, 0.25) is 0 Å². The second kappa shape index (κ2) is 3.62. The number of hydrogen-bond donors (Lipinski definition) is 0. The molecule has 0 radical (unpaired) electrons. The third-order valence-corrected chi connectivity index (χ3v) is 3.18. The van der Waals surface area contributed by atoms with Crippen LogP contribution in [0.3, 0.4) is 0 Å². The highest BCUT2D eigenvalue weighted by atomic mass is 79.9. The Kier molecular flexibility index (Phi) is 2.49. The summed E-state index contributed by atoms with van der Waals surface area (Å²) < 4.78 is 1.16. The van der Waals surface area contributed by atoms with Gasteiger partial charge in [0.15, 0.2) is 0 Å². The Bertz CT molecular complexity index is 344. The Hall–Kier alpha value is -0.630. The summed E-state index contributed by atoms with van der Waals surface area (Å²) in [4.78, 5) is 4.50. The average molecular weight is 238 g/mol. The largest absolute Gasteiger partial charge is 0.289 e. The molecular formula is C11H12BrN. The van der Waals surface area contributed by atoms with Gasteiger partial charge in [0.05, 0.1) is 6.04 Å². The number of rotatable bonds is 1. The average Bonchev–Trinajstić information content (AvgIpc) is 2.18. The lowest BCUT2D eigenvalue weighted by atomic mass is 9.97. The molecule has 0 spiro atoms. The third-order valence-electron chi connectivity index (χ3n) is 2.48. The van der Waals surface area contributed by atoms with E-state index in [9.17, 15) is 0 Å². The molecule has 1 atom stereocenters. The minimum absolute atomic E-state index is 0.488. The summed E-state index contributed by atoms with van der Waals surface area (Å²) in [6.07, 6.45) is 4.21.